The van der Waals surface area contributed by atoms with Crippen molar-refractivity contribution in [3.8, 4) is 0 Å². The zero-order valence-corrected chi connectivity index (χ0v) is 28.1. The number of sulfone groups is 1. The zero-order valence-electron chi connectivity index (χ0n) is 25.6. The summed E-state index contributed by atoms with van der Waals surface area (Å²) in [6.45, 7) is 1.37. The topological polar surface area (TPSA) is 217 Å². The van der Waals surface area contributed by atoms with Gasteiger partial charge in [0.1, 0.15) is 5.78 Å². The van der Waals surface area contributed by atoms with Gasteiger partial charge in [-0.15, -0.1) is 0 Å². The summed E-state index contributed by atoms with van der Waals surface area (Å²) in [4.78, 5) is 55.0. The van der Waals surface area contributed by atoms with E-state index in [2.05, 4.69) is 18.9 Å². The molecule has 0 bridgehead atoms. The molecule has 0 radical (unpaired) electrons. The predicted molar refractivity (Wildman–Crippen MR) is 163 cm³/mol. The number of carbonyl (C=O) groups is 5. The van der Waals surface area contributed by atoms with Crippen LogP contribution in [-0.4, -0.2) is 136 Å². The molecule has 2 unspecified atom stereocenters. The highest BCUT2D eigenvalue weighted by Gasteiger charge is 2.27. The van der Waals surface area contributed by atoms with Gasteiger partial charge in [-0.05, 0) is 19.8 Å². The van der Waals surface area contributed by atoms with Crippen LogP contribution in [0.5, 0.6) is 0 Å². The van der Waals surface area contributed by atoms with E-state index < -0.39 is 45.8 Å². The fourth-order valence-electron chi connectivity index (χ4n) is 2.86. The van der Waals surface area contributed by atoms with Gasteiger partial charge in [0.15, 0.2) is 9.84 Å². The van der Waals surface area contributed by atoms with Crippen molar-refractivity contribution in [2.24, 2.45) is 11.8 Å². The second kappa shape index (κ2) is 30.1. The van der Waals surface area contributed by atoms with E-state index in [1.54, 1.807) is 18.7 Å². The molecule has 0 aliphatic heterocycles. The Bertz CT molecular complexity index is 880. The summed E-state index contributed by atoms with van der Waals surface area (Å²) in [7, 11) is 1.45. The van der Waals surface area contributed by atoms with Crippen LogP contribution in [0.25, 0.3) is 0 Å². The van der Waals surface area contributed by atoms with Crippen LogP contribution >= 0.6 is 23.5 Å². The summed E-state index contributed by atoms with van der Waals surface area (Å²) in [5, 5.41) is 25.5. The Morgan fingerprint density at radius 2 is 1.12 bits per heavy atom. The van der Waals surface area contributed by atoms with Crippen molar-refractivity contribution in [3.05, 3.63) is 0 Å². The third kappa shape index (κ3) is 29.9. The Labute approximate surface area is 262 Å². The number of Topliss-reactive ketones (excluding diaryl/α,β-unsaturated/α-hetero) is 1. The summed E-state index contributed by atoms with van der Waals surface area (Å²) >= 11 is 3.07. The van der Waals surface area contributed by atoms with E-state index in [0.29, 0.717) is 24.3 Å². The van der Waals surface area contributed by atoms with Crippen LogP contribution in [-0.2, 0) is 52.8 Å². The average Bonchev–Trinajstić information content (AvgIpc) is 2.98. The van der Waals surface area contributed by atoms with E-state index >= 15 is 0 Å². The van der Waals surface area contributed by atoms with Crippen molar-refractivity contribution >= 4 is 63.0 Å². The number of hydrogen-bond donors (Lipinski definition) is 3. The molecule has 0 rings (SSSR count). The van der Waals surface area contributed by atoms with Crippen LogP contribution in [0.1, 0.15) is 39.0 Å². The maximum atomic E-state index is 11.5. The maximum absolute atomic E-state index is 11.5. The number of thioether (sulfide) groups is 2. The molecular formula is C26H48O14S3. The standard InChI is InChI=1S/C10H18O7S.C10H18O5S.C6H12O2S/c1-16-9(12)4-3-8(10(13)17-2)7-18(14,15)6-5-11;1-14-9(12)4-3-8(10(13)15-2)7-16-6-5-11;1-6(8)2-4-9-5-3-7/h8,11H,3-7H2,1-2H3;8,11H,3-7H2,1-2H3;7H,2-5H2,1H3. The van der Waals surface area contributed by atoms with Crippen LogP contribution in [0.3, 0.4) is 0 Å². The van der Waals surface area contributed by atoms with E-state index in [4.69, 9.17) is 15.3 Å². The molecule has 254 valence electrons. The second-order valence-corrected chi connectivity index (χ2v) is 13.2. The van der Waals surface area contributed by atoms with E-state index in [9.17, 15) is 32.4 Å². The Kier molecular flexibility index (Phi) is 31.9. The molecule has 0 aromatic rings. The molecule has 3 N–H and O–H groups in total. The lowest BCUT2D eigenvalue weighted by Crippen LogP contribution is -2.28. The fraction of sp³-hybridized carbons (Fsp3) is 0.808. The van der Waals surface area contributed by atoms with Crippen LogP contribution in [0.4, 0.5) is 0 Å². The SMILES string of the molecule is CC(=O)CCSCCO.COC(=O)CCC(CS(=O)(=O)CCO)C(=O)OC.COC(=O)CCC(CSCCO)C(=O)OC. The molecule has 14 nitrogen and oxygen atoms in total. The van der Waals surface area contributed by atoms with E-state index in [1.807, 2.05) is 0 Å². The van der Waals surface area contributed by atoms with Gasteiger partial charge < -0.3 is 34.3 Å². The largest absolute Gasteiger partial charge is 0.469 e. The molecule has 0 aromatic heterocycles. The summed E-state index contributed by atoms with van der Waals surface area (Å²) in [5.41, 5.74) is 0. The molecule has 0 amide bonds. The minimum absolute atomic E-state index is 0.0318. The molecule has 0 fully saturated rings. The lowest BCUT2D eigenvalue weighted by atomic mass is 10.1. The predicted octanol–water partition coefficient (Wildman–Crippen LogP) is 0.281. The number of ether oxygens (including phenoxy) is 4. The van der Waals surface area contributed by atoms with Gasteiger partial charge in [0.25, 0.3) is 0 Å². The maximum Gasteiger partial charge on any atom is 0.309 e. The molecular weight excluding hydrogens is 632 g/mol. The Balaban J connectivity index is -0.000000588. The number of esters is 4. The highest BCUT2D eigenvalue weighted by atomic mass is 32.2. The third-order valence-electron chi connectivity index (χ3n) is 5.16. The second-order valence-electron chi connectivity index (χ2n) is 8.59. The zero-order chi connectivity index (χ0) is 33.7. The van der Waals surface area contributed by atoms with Gasteiger partial charge >= 0.3 is 23.9 Å². The van der Waals surface area contributed by atoms with Crippen molar-refractivity contribution in [2.75, 3.05) is 82.8 Å². The molecule has 0 heterocycles. The number of hydrogen-bond acceptors (Lipinski definition) is 16. The number of carbonyl (C=O) groups excluding carboxylic acids is 5. The highest BCUT2D eigenvalue weighted by Crippen LogP contribution is 2.16. The first-order chi connectivity index (χ1) is 20.3. The van der Waals surface area contributed by atoms with Gasteiger partial charge in [0, 0.05) is 42.3 Å². The van der Waals surface area contributed by atoms with Gasteiger partial charge in [-0.25, -0.2) is 8.42 Å². The normalized spacial score (nSPS) is 11.8. The molecule has 0 aliphatic carbocycles. The molecule has 2 atom stereocenters. The fourth-order valence-corrected chi connectivity index (χ4v) is 5.87. The summed E-state index contributed by atoms with van der Waals surface area (Å²) in [5.74, 6) is -1.05. The Morgan fingerprint density at radius 3 is 1.53 bits per heavy atom. The van der Waals surface area contributed by atoms with Crippen LogP contribution in [0, 0.1) is 11.8 Å². The number of methoxy groups -OCH3 is 4. The molecule has 0 aromatic carbocycles. The van der Waals surface area contributed by atoms with Gasteiger partial charge in [-0.1, -0.05) is 0 Å². The minimum Gasteiger partial charge on any atom is -0.469 e. The van der Waals surface area contributed by atoms with Gasteiger partial charge in [-0.3, -0.25) is 24.0 Å². The first-order valence-corrected chi connectivity index (χ1v) is 17.4. The number of aliphatic hydroxyl groups excluding tert-OH is 3. The Hall–Kier alpha value is -1.92. The van der Waals surface area contributed by atoms with Gasteiger partial charge in [0.2, 0.25) is 0 Å². The average molecular weight is 681 g/mol. The third-order valence-corrected chi connectivity index (χ3v) is 8.95. The molecule has 0 saturated carbocycles. The molecule has 0 spiro atoms. The van der Waals surface area contributed by atoms with Gasteiger partial charge in [0.05, 0.1) is 71.6 Å². The first-order valence-electron chi connectivity index (χ1n) is 13.3. The van der Waals surface area contributed by atoms with Gasteiger partial charge in [-0.2, -0.15) is 23.5 Å². The van der Waals surface area contributed by atoms with Crippen molar-refractivity contribution in [2.45, 2.75) is 39.0 Å². The lowest BCUT2D eigenvalue weighted by molar-refractivity contribution is -0.147. The highest BCUT2D eigenvalue weighted by molar-refractivity contribution is 7.99. The summed E-state index contributed by atoms with van der Waals surface area (Å²) in [6.07, 6.45) is 1.22. The van der Waals surface area contributed by atoms with Crippen molar-refractivity contribution in [1.82, 2.24) is 0 Å². The molecule has 0 aliphatic rings. The smallest absolute Gasteiger partial charge is 0.309 e. The quantitative estimate of drug-likeness (QED) is 0.0843. The number of ketones is 1. The monoisotopic (exact) mass is 680 g/mol. The van der Waals surface area contributed by atoms with Crippen molar-refractivity contribution in [3.63, 3.8) is 0 Å². The molecule has 43 heavy (non-hydrogen) atoms. The molecule has 17 heteroatoms. The number of aliphatic hydroxyl groups is 3. The van der Waals surface area contributed by atoms with E-state index in [0.717, 1.165) is 18.6 Å². The van der Waals surface area contributed by atoms with Crippen molar-refractivity contribution in [1.29, 1.82) is 0 Å². The Morgan fingerprint density at radius 1 is 0.651 bits per heavy atom. The van der Waals surface area contributed by atoms with Crippen LogP contribution in [0.2, 0.25) is 0 Å². The minimum atomic E-state index is -3.54. The summed E-state index contributed by atoms with van der Waals surface area (Å²) in [6, 6.07) is 0. The molecule has 0 saturated heterocycles. The van der Waals surface area contributed by atoms with Crippen molar-refractivity contribution < 1.29 is 66.7 Å². The van der Waals surface area contributed by atoms with E-state index in [1.165, 1.54) is 33.1 Å². The first kappa shape index (κ1) is 45.5. The summed E-state index contributed by atoms with van der Waals surface area (Å²) < 4.78 is 41.0. The van der Waals surface area contributed by atoms with Crippen LogP contribution < -0.4 is 0 Å². The van der Waals surface area contributed by atoms with E-state index in [-0.39, 0.29) is 56.1 Å². The lowest BCUT2D eigenvalue weighted by Gasteiger charge is -2.13. The van der Waals surface area contributed by atoms with Crippen LogP contribution in [0.15, 0.2) is 0 Å². The number of rotatable bonds is 21.